The van der Waals surface area contributed by atoms with Crippen molar-refractivity contribution in [1.82, 2.24) is 4.90 Å². The van der Waals surface area contributed by atoms with Crippen LogP contribution in [0.15, 0.2) is 18.2 Å². The first-order chi connectivity index (χ1) is 8.63. The summed E-state index contributed by atoms with van der Waals surface area (Å²) in [5, 5.41) is 3.40. The van der Waals surface area contributed by atoms with Crippen molar-refractivity contribution in [3.63, 3.8) is 0 Å². The smallest absolute Gasteiger partial charge is 0.146 e. The monoisotopic (exact) mass is 248 g/mol. The second kappa shape index (κ2) is 4.54. The Morgan fingerprint density at radius 3 is 2.50 bits per heavy atom. The number of anilines is 1. The lowest BCUT2D eigenvalue weighted by atomic mass is 9.97. The average molecular weight is 248 g/mol. The molecule has 3 heteroatoms. The van der Waals surface area contributed by atoms with Gasteiger partial charge in [-0.25, -0.2) is 4.39 Å². The highest BCUT2D eigenvalue weighted by Gasteiger charge is 2.38. The van der Waals surface area contributed by atoms with Gasteiger partial charge >= 0.3 is 0 Å². The van der Waals surface area contributed by atoms with Gasteiger partial charge in [0.15, 0.2) is 0 Å². The van der Waals surface area contributed by atoms with Gasteiger partial charge < -0.3 is 10.2 Å². The second-order valence-corrected chi connectivity index (χ2v) is 5.85. The summed E-state index contributed by atoms with van der Waals surface area (Å²) in [6, 6.07) is 7.24. The molecule has 0 spiro atoms. The summed E-state index contributed by atoms with van der Waals surface area (Å²) < 4.78 is 13.8. The minimum Gasteiger partial charge on any atom is -0.380 e. The van der Waals surface area contributed by atoms with E-state index in [4.69, 9.17) is 0 Å². The van der Waals surface area contributed by atoms with E-state index < -0.39 is 0 Å². The second-order valence-electron chi connectivity index (χ2n) is 5.85. The SMILES string of the molecule is Cc1ccc(NC2CC3CCC(C2)N3C)c(F)c1. The number of hydrogen-bond acceptors (Lipinski definition) is 2. The highest BCUT2D eigenvalue weighted by Crippen LogP contribution is 2.35. The molecule has 2 aliphatic heterocycles. The van der Waals surface area contributed by atoms with Crippen LogP contribution in [0.3, 0.4) is 0 Å². The Kier molecular flexibility index (Phi) is 3.02. The van der Waals surface area contributed by atoms with Gasteiger partial charge in [0, 0.05) is 18.1 Å². The number of nitrogens with zero attached hydrogens (tertiary/aromatic N) is 1. The molecule has 2 bridgehead atoms. The first kappa shape index (κ1) is 12.0. The van der Waals surface area contributed by atoms with E-state index >= 15 is 0 Å². The van der Waals surface area contributed by atoms with Crippen LogP contribution in [-0.2, 0) is 0 Å². The van der Waals surface area contributed by atoms with Crippen molar-refractivity contribution < 1.29 is 4.39 Å². The van der Waals surface area contributed by atoms with Crippen LogP contribution in [0.4, 0.5) is 10.1 Å². The van der Waals surface area contributed by atoms with Crippen molar-refractivity contribution in [2.75, 3.05) is 12.4 Å². The van der Waals surface area contributed by atoms with Crippen molar-refractivity contribution in [1.29, 1.82) is 0 Å². The Morgan fingerprint density at radius 2 is 1.89 bits per heavy atom. The van der Waals surface area contributed by atoms with Crippen molar-refractivity contribution in [3.05, 3.63) is 29.6 Å². The Hall–Kier alpha value is -1.09. The fraction of sp³-hybridized carbons (Fsp3) is 0.600. The van der Waals surface area contributed by atoms with E-state index in [2.05, 4.69) is 17.3 Å². The summed E-state index contributed by atoms with van der Waals surface area (Å²) in [7, 11) is 2.23. The van der Waals surface area contributed by atoms with E-state index in [1.54, 1.807) is 6.07 Å². The highest BCUT2D eigenvalue weighted by molar-refractivity contribution is 5.47. The summed E-state index contributed by atoms with van der Waals surface area (Å²) in [6.07, 6.45) is 4.88. The van der Waals surface area contributed by atoms with Gasteiger partial charge in [0.2, 0.25) is 0 Å². The third-order valence-corrected chi connectivity index (χ3v) is 4.58. The lowest BCUT2D eigenvalue weighted by molar-refractivity contribution is 0.169. The Balaban J connectivity index is 1.70. The van der Waals surface area contributed by atoms with Crippen molar-refractivity contribution in [2.24, 2.45) is 0 Å². The number of rotatable bonds is 2. The topological polar surface area (TPSA) is 15.3 Å². The zero-order valence-corrected chi connectivity index (χ0v) is 11.1. The van der Waals surface area contributed by atoms with Gasteiger partial charge in [0.25, 0.3) is 0 Å². The molecule has 2 unspecified atom stereocenters. The van der Waals surface area contributed by atoms with Crippen LogP contribution in [0.25, 0.3) is 0 Å². The number of halogens is 1. The predicted molar refractivity (Wildman–Crippen MR) is 72.4 cm³/mol. The summed E-state index contributed by atoms with van der Waals surface area (Å²) in [6.45, 7) is 1.92. The zero-order chi connectivity index (χ0) is 12.7. The van der Waals surface area contributed by atoms with Crippen molar-refractivity contribution in [3.8, 4) is 0 Å². The summed E-state index contributed by atoms with van der Waals surface area (Å²) in [5.74, 6) is -0.124. The standard InChI is InChI=1S/C15H21FN2/c1-10-3-6-15(14(16)7-10)17-11-8-12-4-5-13(9-11)18(12)2/h3,6-7,11-13,17H,4-5,8-9H2,1-2H3. The maximum atomic E-state index is 13.8. The number of piperidine rings is 1. The van der Waals surface area contributed by atoms with E-state index in [0.29, 0.717) is 23.8 Å². The van der Waals surface area contributed by atoms with Crippen LogP contribution in [0.5, 0.6) is 0 Å². The number of aryl methyl sites for hydroxylation is 1. The van der Waals surface area contributed by atoms with Crippen LogP contribution in [-0.4, -0.2) is 30.1 Å². The van der Waals surface area contributed by atoms with Gasteiger partial charge in [0.1, 0.15) is 5.82 Å². The molecule has 0 saturated carbocycles. The Morgan fingerprint density at radius 1 is 1.22 bits per heavy atom. The van der Waals surface area contributed by atoms with Crippen molar-refractivity contribution in [2.45, 2.75) is 50.7 Å². The van der Waals surface area contributed by atoms with Gasteiger partial charge in [-0.1, -0.05) is 6.07 Å². The maximum absolute atomic E-state index is 13.8. The van der Waals surface area contributed by atoms with Gasteiger partial charge in [-0.15, -0.1) is 0 Å². The molecule has 2 atom stereocenters. The molecule has 2 saturated heterocycles. The largest absolute Gasteiger partial charge is 0.380 e. The molecule has 1 aromatic carbocycles. The van der Waals surface area contributed by atoms with Crippen LogP contribution in [0, 0.1) is 12.7 Å². The minimum absolute atomic E-state index is 0.124. The molecule has 98 valence electrons. The minimum atomic E-state index is -0.124. The third-order valence-electron chi connectivity index (χ3n) is 4.58. The summed E-state index contributed by atoms with van der Waals surface area (Å²) in [5.41, 5.74) is 1.64. The van der Waals surface area contributed by atoms with Gasteiger partial charge in [-0.2, -0.15) is 0 Å². The Labute approximate surface area is 108 Å². The fourth-order valence-corrected chi connectivity index (χ4v) is 3.49. The predicted octanol–water partition coefficient (Wildman–Crippen LogP) is 3.17. The lowest BCUT2D eigenvalue weighted by Gasteiger charge is -2.37. The molecular formula is C15H21FN2. The van der Waals surface area contributed by atoms with E-state index in [-0.39, 0.29) is 5.82 Å². The van der Waals surface area contributed by atoms with Gasteiger partial charge in [-0.3, -0.25) is 0 Å². The molecule has 2 heterocycles. The van der Waals surface area contributed by atoms with Crippen LogP contribution < -0.4 is 5.32 Å². The number of fused-ring (bicyclic) bond motifs is 2. The normalized spacial score (nSPS) is 31.6. The summed E-state index contributed by atoms with van der Waals surface area (Å²) >= 11 is 0. The zero-order valence-electron chi connectivity index (χ0n) is 11.1. The molecule has 2 nitrogen and oxygen atoms in total. The molecule has 18 heavy (non-hydrogen) atoms. The molecule has 0 amide bonds. The maximum Gasteiger partial charge on any atom is 0.146 e. The van der Waals surface area contributed by atoms with Crippen molar-refractivity contribution >= 4 is 5.69 Å². The number of nitrogens with one attached hydrogen (secondary N) is 1. The van der Waals surface area contributed by atoms with Crippen LogP contribution >= 0.6 is 0 Å². The van der Waals surface area contributed by atoms with E-state index in [1.165, 1.54) is 12.8 Å². The van der Waals surface area contributed by atoms with E-state index in [9.17, 15) is 4.39 Å². The molecule has 1 N–H and O–H groups in total. The first-order valence-electron chi connectivity index (χ1n) is 6.88. The number of benzene rings is 1. The Bertz CT molecular complexity index is 432. The van der Waals surface area contributed by atoms with Crippen LogP contribution in [0.2, 0.25) is 0 Å². The number of hydrogen-bond donors (Lipinski definition) is 1. The van der Waals surface area contributed by atoms with E-state index in [1.807, 2.05) is 19.1 Å². The highest BCUT2D eigenvalue weighted by atomic mass is 19.1. The molecule has 2 fully saturated rings. The molecular weight excluding hydrogens is 227 g/mol. The molecule has 2 aliphatic rings. The quantitative estimate of drug-likeness (QED) is 0.864. The van der Waals surface area contributed by atoms with E-state index in [0.717, 1.165) is 18.4 Å². The molecule has 0 radical (unpaired) electrons. The van der Waals surface area contributed by atoms with Crippen LogP contribution in [0.1, 0.15) is 31.2 Å². The van der Waals surface area contributed by atoms with Gasteiger partial charge in [0.05, 0.1) is 5.69 Å². The molecule has 3 rings (SSSR count). The fourth-order valence-electron chi connectivity index (χ4n) is 3.49. The molecule has 0 aromatic heterocycles. The third kappa shape index (κ3) is 2.12. The summed E-state index contributed by atoms with van der Waals surface area (Å²) in [4.78, 5) is 2.50. The van der Waals surface area contributed by atoms with Gasteiger partial charge in [-0.05, 0) is 57.4 Å². The molecule has 0 aliphatic carbocycles. The molecule has 1 aromatic rings. The lowest BCUT2D eigenvalue weighted by Crippen LogP contribution is -2.44. The first-order valence-corrected chi connectivity index (χ1v) is 6.88. The average Bonchev–Trinajstić information content (AvgIpc) is 2.57.